The third-order valence-electron chi connectivity index (χ3n) is 4.62. The van der Waals surface area contributed by atoms with Gasteiger partial charge in [0.2, 0.25) is 5.95 Å². The summed E-state index contributed by atoms with van der Waals surface area (Å²) in [5.41, 5.74) is 0.966. The Morgan fingerprint density at radius 1 is 0.893 bits per heavy atom. The van der Waals surface area contributed by atoms with E-state index in [-0.39, 0.29) is 0 Å². The zero-order chi connectivity index (χ0) is 19.2. The van der Waals surface area contributed by atoms with Gasteiger partial charge in [0.05, 0.1) is 6.61 Å². The maximum Gasteiger partial charge on any atom is 0.227 e. The molecule has 7 nitrogen and oxygen atoms in total. The summed E-state index contributed by atoms with van der Waals surface area (Å²) in [5.74, 6) is 3.41. The Labute approximate surface area is 165 Å². The summed E-state index contributed by atoms with van der Waals surface area (Å²) in [7, 11) is 0. The van der Waals surface area contributed by atoms with Crippen molar-refractivity contribution in [2.45, 2.75) is 6.92 Å². The van der Waals surface area contributed by atoms with Crippen molar-refractivity contribution in [3.63, 3.8) is 0 Å². The molecule has 1 fully saturated rings. The van der Waals surface area contributed by atoms with E-state index >= 15 is 0 Å². The topological polar surface area (TPSA) is 66.4 Å². The molecule has 3 aromatic rings. The van der Waals surface area contributed by atoms with Gasteiger partial charge in [-0.2, -0.15) is 4.98 Å². The fraction of sp³-hybridized carbons (Fsp3) is 0.286. The second-order valence-corrected chi connectivity index (χ2v) is 6.49. The van der Waals surface area contributed by atoms with Crippen LogP contribution < -0.4 is 19.9 Å². The Bertz CT molecular complexity index is 879. The van der Waals surface area contributed by atoms with Gasteiger partial charge in [0.1, 0.15) is 17.4 Å². The predicted molar refractivity (Wildman–Crippen MR) is 112 cm³/mol. The summed E-state index contributed by atoms with van der Waals surface area (Å²) in [6, 6.07) is 15.8. The lowest BCUT2D eigenvalue weighted by Gasteiger charge is -2.35. The van der Waals surface area contributed by atoms with Crippen LogP contribution in [-0.4, -0.2) is 47.7 Å². The van der Waals surface area contributed by atoms with Gasteiger partial charge < -0.3 is 19.9 Å². The van der Waals surface area contributed by atoms with E-state index in [1.165, 1.54) is 0 Å². The van der Waals surface area contributed by atoms with E-state index in [4.69, 9.17) is 4.74 Å². The van der Waals surface area contributed by atoms with E-state index < -0.39 is 0 Å². The van der Waals surface area contributed by atoms with Crippen molar-refractivity contribution in [1.82, 2.24) is 15.0 Å². The Balaban J connectivity index is 1.39. The van der Waals surface area contributed by atoms with Gasteiger partial charge in [-0.1, -0.05) is 6.07 Å². The highest BCUT2D eigenvalue weighted by Gasteiger charge is 2.20. The number of aromatic nitrogens is 3. The van der Waals surface area contributed by atoms with Crippen molar-refractivity contribution < 1.29 is 4.74 Å². The molecule has 0 bridgehead atoms. The maximum absolute atomic E-state index is 5.48. The van der Waals surface area contributed by atoms with Crippen LogP contribution in [0.4, 0.5) is 23.3 Å². The first-order valence-electron chi connectivity index (χ1n) is 9.55. The third kappa shape index (κ3) is 4.31. The average molecular weight is 376 g/mol. The first-order valence-corrected chi connectivity index (χ1v) is 9.55. The number of nitrogens with one attached hydrogen (secondary N) is 1. The molecule has 0 saturated carbocycles. The van der Waals surface area contributed by atoms with Crippen molar-refractivity contribution >= 4 is 23.3 Å². The maximum atomic E-state index is 5.48. The van der Waals surface area contributed by atoms with Gasteiger partial charge in [-0.15, -0.1) is 0 Å². The molecule has 1 saturated heterocycles. The molecular formula is C21H24N6O. The molecule has 4 rings (SSSR count). The summed E-state index contributed by atoms with van der Waals surface area (Å²) < 4.78 is 5.48. The molecule has 0 aliphatic carbocycles. The average Bonchev–Trinajstić information content (AvgIpc) is 2.76. The highest BCUT2D eigenvalue weighted by atomic mass is 16.5. The number of anilines is 4. The third-order valence-corrected chi connectivity index (χ3v) is 4.62. The van der Waals surface area contributed by atoms with Gasteiger partial charge >= 0.3 is 0 Å². The number of pyridine rings is 1. The van der Waals surface area contributed by atoms with Gasteiger partial charge in [0.15, 0.2) is 0 Å². The minimum Gasteiger partial charge on any atom is -0.494 e. The minimum absolute atomic E-state index is 0.662. The fourth-order valence-electron chi connectivity index (χ4n) is 3.20. The number of piperazine rings is 1. The normalized spacial score (nSPS) is 14.0. The van der Waals surface area contributed by atoms with Gasteiger partial charge in [-0.25, -0.2) is 9.97 Å². The van der Waals surface area contributed by atoms with E-state index in [9.17, 15) is 0 Å². The Morgan fingerprint density at radius 3 is 2.39 bits per heavy atom. The van der Waals surface area contributed by atoms with Crippen LogP contribution in [0.5, 0.6) is 5.75 Å². The molecule has 1 aliphatic heterocycles. The van der Waals surface area contributed by atoms with E-state index in [2.05, 4.69) is 30.1 Å². The van der Waals surface area contributed by atoms with Crippen LogP contribution in [0.25, 0.3) is 0 Å². The van der Waals surface area contributed by atoms with Crippen molar-refractivity contribution in [2.24, 2.45) is 0 Å². The first-order chi connectivity index (χ1) is 13.8. The van der Waals surface area contributed by atoms with Gasteiger partial charge in [0, 0.05) is 44.3 Å². The molecule has 1 aromatic carbocycles. The van der Waals surface area contributed by atoms with Crippen molar-refractivity contribution in [3.05, 3.63) is 60.9 Å². The van der Waals surface area contributed by atoms with E-state index in [1.807, 2.05) is 61.7 Å². The second-order valence-electron chi connectivity index (χ2n) is 6.49. The number of hydrogen-bond acceptors (Lipinski definition) is 7. The molecule has 144 valence electrons. The highest BCUT2D eigenvalue weighted by molar-refractivity contribution is 5.58. The molecule has 0 spiro atoms. The minimum atomic E-state index is 0.662. The molecule has 28 heavy (non-hydrogen) atoms. The van der Waals surface area contributed by atoms with Crippen molar-refractivity contribution in [2.75, 3.05) is 47.9 Å². The van der Waals surface area contributed by atoms with Crippen LogP contribution in [0.1, 0.15) is 6.92 Å². The van der Waals surface area contributed by atoms with E-state index in [0.717, 1.165) is 55.2 Å². The molecule has 7 heteroatoms. The summed E-state index contributed by atoms with van der Waals surface area (Å²) in [6.07, 6.45) is 3.63. The molecule has 0 radical (unpaired) electrons. The summed E-state index contributed by atoms with van der Waals surface area (Å²) in [5, 5.41) is 3.33. The largest absolute Gasteiger partial charge is 0.494 e. The summed E-state index contributed by atoms with van der Waals surface area (Å²) >= 11 is 0. The van der Waals surface area contributed by atoms with Gasteiger partial charge in [-0.05, 0) is 49.4 Å². The quantitative estimate of drug-likeness (QED) is 0.708. The van der Waals surface area contributed by atoms with Crippen LogP contribution in [0, 0.1) is 0 Å². The van der Waals surface area contributed by atoms with Crippen molar-refractivity contribution in [1.29, 1.82) is 0 Å². The molecule has 1 N–H and O–H groups in total. The zero-order valence-corrected chi connectivity index (χ0v) is 16.0. The van der Waals surface area contributed by atoms with Gasteiger partial charge in [0.25, 0.3) is 0 Å². The van der Waals surface area contributed by atoms with Gasteiger partial charge in [-0.3, -0.25) is 0 Å². The van der Waals surface area contributed by atoms with Crippen molar-refractivity contribution in [3.8, 4) is 5.75 Å². The Kier molecular flexibility index (Phi) is 5.51. The van der Waals surface area contributed by atoms with E-state index in [0.29, 0.717) is 6.61 Å². The standard InChI is InChI=1S/C21H24N6O/c1-2-28-18-8-6-17(7-9-18)24-19-10-12-23-21(25-19)27-15-13-26(14-16-27)20-5-3-4-11-22-20/h3-12H,2,13-16H2,1H3,(H,23,24,25). The number of rotatable bonds is 6. The second kappa shape index (κ2) is 8.56. The number of ether oxygens (including phenoxy) is 1. The van der Waals surface area contributed by atoms with Crippen LogP contribution in [-0.2, 0) is 0 Å². The molecule has 0 unspecified atom stereocenters. The molecule has 3 heterocycles. The zero-order valence-electron chi connectivity index (χ0n) is 16.0. The van der Waals surface area contributed by atoms with Crippen LogP contribution in [0.2, 0.25) is 0 Å². The highest BCUT2D eigenvalue weighted by Crippen LogP contribution is 2.21. The molecule has 0 amide bonds. The lowest BCUT2D eigenvalue weighted by molar-refractivity contribution is 0.340. The molecule has 2 aromatic heterocycles. The first kappa shape index (κ1) is 18.0. The smallest absolute Gasteiger partial charge is 0.227 e. The molecule has 1 aliphatic rings. The van der Waals surface area contributed by atoms with Crippen LogP contribution in [0.15, 0.2) is 60.9 Å². The molecule has 0 atom stereocenters. The predicted octanol–water partition coefficient (Wildman–Crippen LogP) is 3.34. The fourth-order valence-corrected chi connectivity index (χ4v) is 3.20. The Morgan fingerprint density at radius 2 is 1.68 bits per heavy atom. The molecular weight excluding hydrogens is 352 g/mol. The summed E-state index contributed by atoms with van der Waals surface area (Å²) in [6.45, 7) is 6.17. The Hall–Kier alpha value is -3.35. The number of hydrogen-bond donors (Lipinski definition) is 1. The SMILES string of the molecule is CCOc1ccc(Nc2ccnc(N3CCN(c4ccccn4)CC3)n2)cc1. The number of benzene rings is 1. The lowest BCUT2D eigenvalue weighted by atomic mass is 10.3. The summed E-state index contributed by atoms with van der Waals surface area (Å²) in [4.78, 5) is 18.1. The van der Waals surface area contributed by atoms with Crippen LogP contribution in [0.3, 0.4) is 0 Å². The van der Waals surface area contributed by atoms with Crippen LogP contribution >= 0.6 is 0 Å². The van der Waals surface area contributed by atoms with E-state index in [1.54, 1.807) is 6.20 Å². The monoisotopic (exact) mass is 376 g/mol. The lowest BCUT2D eigenvalue weighted by Crippen LogP contribution is -2.47. The number of nitrogens with zero attached hydrogens (tertiary/aromatic N) is 5.